The number of halogens is 1. The number of anilines is 2. The van der Waals surface area contributed by atoms with Crippen molar-refractivity contribution in [3.8, 4) is 0 Å². The van der Waals surface area contributed by atoms with E-state index < -0.39 is 16.0 Å². The van der Waals surface area contributed by atoms with E-state index in [-0.39, 0.29) is 15.5 Å². The molecule has 2 fully saturated rings. The van der Waals surface area contributed by atoms with Gasteiger partial charge >= 0.3 is 5.97 Å². The third kappa shape index (κ3) is 5.16. The summed E-state index contributed by atoms with van der Waals surface area (Å²) in [5.74, 6) is -1.08. The molecule has 10 heteroatoms. The maximum Gasteiger partial charge on any atom is 0.337 e. The summed E-state index contributed by atoms with van der Waals surface area (Å²) in [6.45, 7) is 3.35. The number of carboxylic acid groups (broad SMARTS) is 1. The summed E-state index contributed by atoms with van der Waals surface area (Å²) in [5.41, 5.74) is 0.931. The molecule has 168 valence electrons. The maximum absolute atomic E-state index is 12.5. The highest BCUT2D eigenvalue weighted by molar-refractivity contribution is 7.94. The van der Waals surface area contributed by atoms with Crippen LogP contribution in [0, 0.1) is 0 Å². The summed E-state index contributed by atoms with van der Waals surface area (Å²) in [6.07, 6.45) is 6.43. The van der Waals surface area contributed by atoms with Crippen LogP contribution in [-0.4, -0.2) is 56.6 Å². The van der Waals surface area contributed by atoms with Crippen LogP contribution in [0.4, 0.5) is 11.4 Å². The standard InChI is InChI=1S/C21H26ClN3O4S2/c22-19-8-9-20(30-19)31(28,29)23-15-6-7-18(17(14-15)21(26)27)25-12-10-24(11-13-25)16-4-2-1-3-5-16/h6-9,14,16,23H,1-5,10-13H2,(H,26,27). The molecule has 1 aliphatic heterocycles. The molecule has 0 amide bonds. The number of thiophene rings is 1. The number of rotatable bonds is 6. The number of aromatic carboxylic acids is 1. The fraction of sp³-hybridized carbons (Fsp3) is 0.476. The Kier molecular flexibility index (Phi) is 6.76. The number of hydrogen-bond donors (Lipinski definition) is 2. The molecule has 1 aliphatic carbocycles. The molecule has 7 nitrogen and oxygen atoms in total. The predicted molar refractivity (Wildman–Crippen MR) is 124 cm³/mol. The number of sulfonamides is 1. The molecule has 0 unspecified atom stereocenters. The average molecular weight is 484 g/mol. The zero-order chi connectivity index (χ0) is 22.0. The van der Waals surface area contributed by atoms with Gasteiger partial charge in [-0.2, -0.15) is 0 Å². The van der Waals surface area contributed by atoms with Crippen LogP contribution in [0.3, 0.4) is 0 Å². The molecule has 2 aliphatic rings. The van der Waals surface area contributed by atoms with Crippen molar-refractivity contribution in [3.63, 3.8) is 0 Å². The maximum atomic E-state index is 12.5. The normalized spacial score (nSPS) is 18.8. The van der Waals surface area contributed by atoms with E-state index >= 15 is 0 Å². The molecule has 2 N–H and O–H groups in total. The molecule has 2 heterocycles. The van der Waals surface area contributed by atoms with Crippen molar-refractivity contribution < 1.29 is 18.3 Å². The summed E-state index contributed by atoms with van der Waals surface area (Å²) in [5, 5.41) is 9.77. The second kappa shape index (κ2) is 9.36. The van der Waals surface area contributed by atoms with Crippen LogP contribution in [0.1, 0.15) is 42.5 Å². The lowest BCUT2D eigenvalue weighted by atomic mass is 9.94. The Morgan fingerprint density at radius 1 is 1.06 bits per heavy atom. The summed E-state index contributed by atoms with van der Waals surface area (Å²) >= 11 is 6.79. The number of hydrogen-bond acceptors (Lipinski definition) is 6. The van der Waals surface area contributed by atoms with Crippen LogP contribution in [0.25, 0.3) is 0 Å². The molecular weight excluding hydrogens is 458 g/mol. The molecular formula is C21H26ClN3O4S2. The van der Waals surface area contributed by atoms with Crippen molar-refractivity contribution in [1.82, 2.24) is 4.90 Å². The third-order valence-electron chi connectivity index (χ3n) is 6.04. The summed E-state index contributed by atoms with van der Waals surface area (Å²) < 4.78 is 28.0. The molecule has 1 saturated heterocycles. The molecule has 0 bridgehead atoms. The van der Waals surface area contributed by atoms with E-state index in [0.29, 0.717) is 16.1 Å². The lowest BCUT2D eigenvalue weighted by molar-refractivity contribution is 0.0697. The molecule has 1 aromatic carbocycles. The van der Waals surface area contributed by atoms with Gasteiger partial charge < -0.3 is 10.0 Å². The van der Waals surface area contributed by atoms with Gasteiger partial charge in [0.2, 0.25) is 0 Å². The molecule has 31 heavy (non-hydrogen) atoms. The van der Waals surface area contributed by atoms with Crippen LogP contribution in [-0.2, 0) is 10.0 Å². The molecule has 0 radical (unpaired) electrons. The highest BCUT2D eigenvalue weighted by atomic mass is 35.5. The molecule has 0 spiro atoms. The van der Waals surface area contributed by atoms with Gasteiger partial charge in [-0.15, -0.1) is 11.3 Å². The van der Waals surface area contributed by atoms with Crippen LogP contribution in [0.2, 0.25) is 4.34 Å². The first kappa shape index (κ1) is 22.4. The van der Waals surface area contributed by atoms with E-state index in [1.54, 1.807) is 12.1 Å². The van der Waals surface area contributed by atoms with E-state index in [4.69, 9.17) is 11.6 Å². The van der Waals surface area contributed by atoms with Crippen LogP contribution in [0.15, 0.2) is 34.5 Å². The second-order valence-electron chi connectivity index (χ2n) is 8.02. The van der Waals surface area contributed by atoms with Gasteiger partial charge in [-0.3, -0.25) is 9.62 Å². The Morgan fingerprint density at radius 3 is 2.39 bits per heavy atom. The predicted octanol–water partition coefficient (Wildman–Crippen LogP) is 4.36. The van der Waals surface area contributed by atoms with E-state index in [1.165, 1.54) is 50.3 Å². The average Bonchev–Trinajstić information content (AvgIpc) is 3.22. The zero-order valence-corrected chi connectivity index (χ0v) is 19.5. The van der Waals surface area contributed by atoms with Gasteiger partial charge in [0.15, 0.2) is 0 Å². The molecule has 1 saturated carbocycles. The minimum Gasteiger partial charge on any atom is -0.478 e. The largest absolute Gasteiger partial charge is 0.478 e. The quantitative estimate of drug-likeness (QED) is 0.634. The number of nitrogens with one attached hydrogen (secondary N) is 1. The number of carboxylic acids is 1. The van der Waals surface area contributed by atoms with Crippen molar-refractivity contribution >= 4 is 50.3 Å². The Morgan fingerprint density at radius 2 is 1.77 bits per heavy atom. The fourth-order valence-corrected chi connectivity index (χ4v) is 7.00. The molecule has 2 aromatic rings. The second-order valence-corrected chi connectivity index (χ2v) is 11.6. The summed E-state index contributed by atoms with van der Waals surface area (Å²) in [4.78, 5) is 16.6. The van der Waals surface area contributed by atoms with Crippen LogP contribution < -0.4 is 9.62 Å². The van der Waals surface area contributed by atoms with E-state index in [1.807, 2.05) is 0 Å². The summed E-state index contributed by atoms with van der Waals surface area (Å²) in [7, 11) is -3.82. The first-order valence-electron chi connectivity index (χ1n) is 10.5. The monoisotopic (exact) mass is 483 g/mol. The zero-order valence-electron chi connectivity index (χ0n) is 17.1. The van der Waals surface area contributed by atoms with Gasteiger partial charge in [-0.25, -0.2) is 13.2 Å². The number of benzene rings is 1. The minimum atomic E-state index is -3.82. The molecule has 0 atom stereocenters. The third-order valence-corrected chi connectivity index (χ3v) is 9.14. The highest BCUT2D eigenvalue weighted by Crippen LogP contribution is 2.31. The highest BCUT2D eigenvalue weighted by Gasteiger charge is 2.27. The SMILES string of the molecule is O=C(O)c1cc(NS(=O)(=O)c2ccc(Cl)s2)ccc1N1CCN(C2CCCCC2)CC1. The minimum absolute atomic E-state index is 0.0808. The van der Waals surface area contributed by atoms with Crippen LogP contribution >= 0.6 is 22.9 Å². The van der Waals surface area contributed by atoms with Crippen molar-refractivity contribution in [1.29, 1.82) is 0 Å². The lowest BCUT2D eigenvalue weighted by Gasteiger charge is -2.41. The van der Waals surface area contributed by atoms with E-state index in [2.05, 4.69) is 14.5 Å². The Balaban J connectivity index is 1.48. The van der Waals surface area contributed by atoms with Crippen molar-refractivity contribution in [2.45, 2.75) is 42.4 Å². The first-order valence-corrected chi connectivity index (χ1v) is 13.2. The van der Waals surface area contributed by atoms with Crippen molar-refractivity contribution in [3.05, 3.63) is 40.2 Å². The lowest BCUT2D eigenvalue weighted by Crippen LogP contribution is -2.51. The Hall–Kier alpha value is -1.81. The van der Waals surface area contributed by atoms with Gasteiger partial charge in [0.1, 0.15) is 4.21 Å². The van der Waals surface area contributed by atoms with Crippen molar-refractivity contribution in [2.75, 3.05) is 35.8 Å². The Bertz CT molecular complexity index is 1040. The first-order chi connectivity index (χ1) is 14.8. The number of nitrogens with zero attached hydrogens (tertiary/aromatic N) is 2. The van der Waals surface area contributed by atoms with Gasteiger partial charge in [0.25, 0.3) is 10.0 Å². The van der Waals surface area contributed by atoms with Gasteiger partial charge in [-0.1, -0.05) is 30.9 Å². The van der Waals surface area contributed by atoms with Crippen molar-refractivity contribution in [2.24, 2.45) is 0 Å². The van der Waals surface area contributed by atoms with E-state index in [9.17, 15) is 18.3 Å². The van der Waals surface area contributed by atoms with E-state index in [0.717, 1.165) is 37.5 Å². The van der Waals surface area contributed by atoms with Gasteiger partial charge in [0, 0.05) is 37.9 Å². The molecule has 1 aromatic heterocycles. The molecule has 4 rings (SSSR count). The van der Waals surface area contributed by atoms with Gasteiger partial charge in [0.05, 0.1) is 15.6 Å². The van der Waals surface area contributed by atoms with Gasteiger partial charge in [-0.05, 0) is 43.2 Å². The Labute approximate surface area is 191 Å². The fourth-order valence-electron chi connectivity index (χ4n) is 4.47. The number of carbonyl (C=O) groups is 1. The topological polar surface area (TPSA) is 89.9 Å². The van der Waals surface area contributed by atoms with Crippen LogP contribution in [0.5, 0.6) is 0 Å². The number of piperazine rings is 1. The summed E-state index contributed by atoms with van der Waals surface area (Å²) in [6, 6.07) is 8.28. The smallest absolute Gasteiger partial charge is 0.337 e.